The Balaban J connectivity index is 4.38. The molecule has 0 heterocycles. The van der Waals surface area contributed by atoms with Crippen molar-refractivity contribution in [3.05, 3.63) is 0 Å². The van der Waals surface area contributed by atoms with Gasteiger partial charge in [-0.2, -0.15) is 0 Å². The average Bonchev–Trinajstić information content (AvgIpc) is 1.64. The van der Waals surface area contributed by atoms with E-state index in [1.165, 1.54) is 0 Å². The Labute approximate surface area is 56.8 Å². The Hall–Kier alpha value is -0.640. The lowest BCUT2D eigenvalue weighted by atomic mass is 10.1. The van der Waals surface area contributed by atoms with Crippen LogP contribution in [-0.4, -0.2) is 20.1 Å². The summed E-state index contributed by atoms with van der Waals surface area (Å²) in [7, 11) is 0. The van der Waals surface area contributed by atoms with Gasteiger partial charge in [-0.1, -0.05) is 13.8 Å². The molecule has 0 amide bonds. The van der Waals surface area contributed by atoms with Crippen molar-refractivity contribution in [2.75, 3.05) is 0 Å². The van der Waals surface area contributed by atoms with E-state index in [1.807, 2.05) is 0 Å². The third-order valence-corrected chi connectivity index (χ3v) is 1.65. The van der Waals surface area contributed by atoms with Crippen molar-refractivity contribution in [2.24, 2.45) is 5.92 Å². The maximum atomic E-state index is 10.1. The molecule has 0 aliphatic carbocycles. The summed E-state index contributed by atoms with van der Waals surface area (Å²) in [6, 6.07) is 0. The number of carboxylic acids is 1. The maximum absolute atomic E-state index is 10.1. The van der Waals surface area contributed by atoms with Crippen molar-refractivity contribution in [1.29, 1.82) is 0 Å². The highest BCUT2D eigenvalue weighted by molar-refractivity contribution is 7.68. The summed E-state index contributed by atoms with van der Waals surface area (Å²) in [5.41, 5.74) is 0. The molecule has 0 radical (unpaired) electrons. The lowest BCUT2D eigenvalue weighted by molar-refractivity contribution is -0.129. The van der Waals surface area contributed by atoms with Gasteiger partial charge in [0.1, 0.15) is 4.86 Å². The minimum absolute atomic E-state index is 0.0324. The molecule has 9 heavy (non-hydrogen) atoms. The number of carboxylic acid groups (broad SMARTS) is 1. The van der Waals surface area contributed by atoms with E-state index < -0.39 is 5.97 Å². The summed E-state index contributed by atoms with van der Waals surface area (Å²) in [5, 5.41) is 8.29. The Kier molecular flexibility index (Phi) is 3.16. The third kappa shape index (κ3) is 2.41. The van der Waals surface area contributed by atoms with Gasteiger partial charge in [-0.3, -0.25) is 0 Å². The van der Waals surface area contributed by atoms with Crippen molar-refractivity contribution >= 4 is 22.1 Å². The molecule has 1 N–H and O–H groups in total. The normalized spacial score (nSPS) is 9.22. The molecule has 0 unspecified atom stereocenters. The average molecular weight is 148 g/mol. The van der Waals surface area contributed by atoms with Crippen LogP contribution < -0.4 is 0 Å². The number of aliphatic carboxylic acids is 1. The van der Waals surface area contributed by atoms with Gasteiger partial charge in [0.15, 0.2) is 0 Å². The van der Waals surface area contributed by atoms with E-state index in [0.717, 1.165) is 0 Å². The summed E-state index contributed by atoms with van der Waals surface area (Å²) >= 11 is 0.0532. The molecule has 0 aliphatic heterocycles. The van der Waals surface area contributed by atoms with Gasteiger partial charge in [0.25, 0.3) is 0 Å². The van der Waals surface area contributed by atoms with Crippen LogP contribution in [0.25, 0.3) is 0 Å². The van der Waals surface area contributed by atoms with Gasteiger partial charge < -0.3 is 5.11 Å². The van der Waals surface area contributed by atoms with Crippen LogP contribution in [0.15, 0.2) is 0 Å². The van der Waals surface area contributed by atoms with Crippen molar-refractivity contribution < 1.29 is 14.1 Å². The van der Waals surface area contributed by atoms with Crippen LogP contribution in [0, 0.1) is 5.92 Å². The van der Waals surface area contributed by atoms with Crippen LogP contribution in [0.4, 0.5) is 0 Å². The molecule has 0 aliphatic rings. The van der Waals surface area contributed by atoms with Gasteiger partial charge in [0.05, 0.1) is 11.3 Å². The van der Waals surface area contributed by atoms with E-state index in [-0.39, 0.29) is 22.0 Å². The van der Waals surface area contributed by atoms with Gasteiger partial charge in [-0.05, 0) is 5.92 Å². The summed E-state index contributed by atoms with van der Waals surface area (Å²) in [4.78, 5) is 10.1. The second kappa shape index (κ2) is 3.40. The number of hydrogen-bond acceptors (Lipinski definition) is 2. The highest BCUT2D eigenvalue weighted by Crippen LogP contribution is 1.93. The van der Waals surface area contributed by atoms with Crippen molar-refractivity contribution in [3.8, 4) is 0 Å². The van der Waals surface area contributed by atoms with Crippen LogP contribution in [0.5, 0.6) is 0 Å². The second-order valence-electron chi connectivity index (χ2n) is 1.91. The smallest absolute Gasteiger partial charge is 0.345 e. The minimum Gasteiger partial charge on any atom is -0.477 e. The van der Waals surface area contributed by atoms with E-state index in [1.54, 1.807) is 13.8 Å². The van der Waals surface area contributed by atoms with E-state index in [9.17, 15) is 9.00 Å². The molecule has 0 rings (SSSR count). The third-order valence-electron chi connectivity index (χ3n) is 0.825. The Morgan fingerprint density at radius 3 is 2.00 bits per heavy atom. The zero-order valence-electron chi connectivity index (χ0n) is 5.25. The SMILES string of the molecule is CC(C)C(=S=O)C(=O)O. The van der Waals surface area contributed by atoms with Crippen LogP contribution in [0.3, 0.4) is 0 Å². The van der Waals surface area contributed by atoms with Crippen LogP contribution in [-0.2, 0) is 16.1 Å². The van der Waals surface area contributed by atoms with Gasteiger partial charge in [0, 0.05) is 0 Å². The summed E-state index contributed by atoms with van der Waals surface area (Å²) < 4.78 is 10.0. The first kappa shape index (κ1) is 8.36. The highest BCUT2D eigenvalue weighted by atomic mass is 32.1. The molecule has 0 saturated heterocycles. The highest BCUT2D eigenvalue weighted by Gasteiger charge is 2.11. The van der Waals surface area contributed by atoms with Crippen LogP contribution in [0.1, 0.15) is 13.8 Å². The Bertz CT molecular complexity index is 167. The zero-order chi connectivity index (χ0) is 7.44. The standard InChI is InChI=1S/C5H8O3S/c1-3(2)4(9-8)5(6)7/h3H,1-2H3,(H,6,7). The fraction of sp³-hybridized carbons (Fsp3) is 0.600. The zero-order valence-corrected chi connectivity index (χ0v) is 6.07. The van der Waals surface area contributed by atoms with Crippen LogP contribution >= 0.6 is 0 Å². The fourth-order valence-electron chi connectivity index (χ4n) is 0.379. The number of rotatable bonds is 2. The Morgan fingerprint density at radius 1 is 1.56 bits per heavy atom. The van der Waals surface area contributed by atoms with Crippen LogP contribution in [0.2, 0.25) is 0 Å². The lowest BCUT2D eigenvalue weighted by Gasteiger charge is -1.97. The minimum atomic E-state index is -1.11. The largest absolute Gasteiger partial charge is 0.477 e. The summed E-state index contributed by atoms with van der Waals surface area (Å²) in [5.74, 6) is -1.28. The lowest BCUT2D eigenvalue weighted by Crippen LogP contribution is -2.18. The molecular weight excluding hydrogens is 140 g/mol. The van der Waals surface area contributed by atoms with Crippen molar-refractivity contribution in [1.82, 2.24) is 0 Å². The molecule has 0 fully saturated rings. The van der Waals surface area contributed by atoms with E-state index >= 15 is 0 Å². The first-order valence-corrected chi connectivity index (χ1v) is 3.23. The first-order valence-electron chi connectivity index (χ1n) is 2.49. The van der Waals surface area contributed by atoms with Gasteiger partial charge >= 0.3 is 5.97 Å². The van der Waals surface area contributed by atoms with Crippen molar-refractivity contribution in [3.63, 3.8) is 0 Å². The molecule has 0 spiro atoms. The maximum Gasteiger partial charge on any atom is 0.345 e. The molecule has 0 saturated carbocycles. The molecule has 0 aromatic carbocycles. The number of carbonyl (C=O) groups is 1. The molecule has 0 atom stereocenters. The second-order valence-corrected chi connectivity index (χ2v) is 2.51. The fourth-order valence-corrected chi connectivity index (χ4v) is 0.643. The summed E-state index contributed by atoms with van der Waals surface area (Å²) in [6.07, 6.45) is 0. The molecule has 0 bridgehead atoms. The topological polar surface area (TPSA) is 54.4 Å². The van der Waals surface area contributed by atoms with Gasteiger partial charge in [-0.15, -0.1) is 0 Å². The predicted octanol–water partition coefficient (Wildman–Crippen LogP) is 0.112. The summed E-state index contributed by atoms with van der Waals surface area (Å²) in [6.45, 7) is 3.35. The number of hydrogen-bond donors (Lipinski definition) is 1. The van der Waals surface area contributed by atoms with Crippen molar-refractivity contribution in [2.45, 2.75) is 13.8 Å². The van der Waals surface area contributed by atoms with Gasteiger partial charge in [0.2, 0.25) is 0 Å². The van der Waals surface area contributed by atoms with E-state index in [2.05, 4.69) is 0 Å². The van der Waals surface area contributed by atoms with E-state index in [0.29, 0.717) is 0 Å². The Morgan fingerprint density at radius 2 is 2.00 bits per heavy atom. The quantitative estimate of drug-likeness (QED) is 0.565. The molecule has 0 aromatic rings. The molecule has 52 valence electrons. The van der Waals surface area contributed by atoms with Gasteiger partial charge in [-0.25, -0.2) is 9.00 Å². The van der Waals surface area contributed by atoms with E-state index in [4.69, 9.17) is 5.11 Å². The molecule has 0 aromatic heterocycles. The molecular formula is C5H8O3S. The predicted molar refractivity (Wildman–Crippen MR) is 35.6 cm³/mol. The monoisotopic (exact) mass is 148 g/mol. The molecule has 3 nitrogen and oxygen atoms in total. The first-order chi connectivity index (χ1) is 4.09. The molecule has 4 heteroatoms.